The fourth-order valence-electron chi connectivity index (χ4n) is 2.84. The maximum atomic E-state index is 12.2. The summed E-state index contributed by atoms with van der Waals surface area (Å²) in [4.78, 5) is 16.2. The number of hydrogen-bond acceptors (Lipinski definition) is 3. The molecule has 1 aromatic rings. The Balaban J connectivity index is 1.67. The zero-order valence-corrected chi connectivity index (χ0v) is 16.2. The highest BCUT2D eigenvalue weighted by Gasteiger charge is 2.23. The molecular formula is C21H27ClN2O2. The van der Waals surface area contributed by atoms with Crippen molar-refractivity contribution < 1.29 is 9.53 Å². The Morgan fingerprint density at radius 1 is 1.38 bits per heavy atom. The average molecular weight is 375 g/mol. The lowest BCUT2D eigenvalue weighted by atomic mass is 9.97. The molecule has 4 nitrogen and oxygen atoms in total. The van der Waals surface area contributed by atoms with Crippen molar-refractivity contribution in [3.63, 3.8) is 0 Å². The van der Waals surface area contributed by atoms with Crippen molar-refractivity contribution in [2.45, 2.75) is 25.7 Å². The van der Waals surface area contributed by atoms with Crippen LogP contribution in [-0.2, 0) is 0 Å². The molecule has 26 heavy (non-hydrogen) atoms. The molecule has 2 rings (SSSR count). The van der Waals surface area contributed by atoms with Gasteiger partial charge in [0.1, 0.15) is 5.75 Å². The van der Waals surface area contributed by atoms with Gasteiger partial charge in [-0.2, -0.15) is 0 Å². The molecule has 1 aliphatic rings. The Kier molecular flexibility index (Phi) is 8.53. The van der Waals surface area contributed by atoms with Crippen LogP contribution < -0.4 is 4.74 Å². The van der Waals surface area contributed by atoms with Gasteiger partial charge < -0.3 is 14.5 Å². The van der Waals surface area contributed by atoms with E-state index in [2.05, 4.69) is 30.4 Å². The molecule has 1 saturated heterocycles. The third-order valence-corrected chi connectivity index (χ3v) is 4.61. The van der Waals surface area contributed by atoms with Crippen LogP contribution >= 0.6 is 11.6 Å². The summed E-state index contributed by atoms with van der Waals surface area (Å²) >= 11 is 5.83. The normalized spacial score (nSPS) is 14.7. The summed E-state index contributed by atoms with van der Waals surface area (Å²) in [6, 6.07) is 6.82. The largest absolute Gasteiger partial charge is 0.415 e. The summed E-state index contributed by atoms with van der Waals surface area (Å²) in [5.41, 5.74) is 0. The van der Waals surface area contributed by atoms with Crippen LogP contribution in [0.25, 0.3) is 0 Å². The zero-order valence-electron chi connectivity index (χ0n) is 15.4. The lowest BCUT2D eigenvalue weighted by Crippen LogP contribution is -2.39. The van der Waals surface area contributed by atoms with Crippen molar-refractivity contribution in [2.75, 3.05) is 33.2 Å². The lowest BCUT2D eigenvalue weighted by molar-refractivity contribution is 0.137. The van der Waals surface area contributed by atoms with E-state index in [0.29, 0.717) is 29.8 Å². The molecule has 140 valence electrons. The van der Waals surface area contributed by atoms with Gasteiger partial charge in [0.05, 0.1) is 0 Å². The van der Waals surface area contributed by atoms with Gasteiger partial charge in [0, 0.05) is 37.0 Å². The van der Waals surface area contributed by atoms with Crippen LogP contribution in [0.5, 0.6) is 5.75 Å². The van der Waals surface area contributed by atoms with Crippen LogP contribution in [0.2, 0.25) is 5.02 Å². The SMILES string of the molecule is C=CCN(C)CCCC#CC1CCN(C(=O)Oc2ccc(Cl)cc2)CC1. The summed E-state index contributed by atoms with van der Waals surface area (Å²) in [6.07, 6.45) is 5.41. The van der Waals surface area contributed by atoms with Crippen LogP contribution in [0.15, 0.2) is 36.9 Å². The number of carbonyl (C=O) groups excluding carboxylic acids is 1. The van der Waals surface area contributed by atoms with Crippen molar-refractivity contribution in [2.24, 2.45) is 5.92 Å². The number of rotatable bonds is 6. The molecule has 0 spiro atoms. The van der Waals surface area contributed by atoms with Crippen molar-refractivity contribution in [3.05, 3.63) is 41.9 Å². The van der Waals surface area contributed by atoms with Crippen LogP contribution in [-0.4, -0.2) is 49.1 Å². The average Bonchev–Trinajstić information content (AvgIpc) is 2.64. The van der Waals surface area contributed by atoms with E-state index in [4.69, 9.17) is 16.3 Å². The van der Waals surface area contributed by atoms with E-state index in [0.717, 1.165) is 38.8 Å². The summed E-state index contributed by atoms with van der Waals surface area (Å²) in [5, 5.41) is 0.622. The highest BCUT2D eigenvalue weighted by atomic mass is 35.5. The molecule has 0 aromatic heterocycles. The molecule has 0 bridgehead atoms. The molecule has 0 radical (unpaired) electrons. The number of hydrogen-bond donors (Lipinski definition) is 0. The second-order valence-electron chi connectivity index (χ2n) is 6.56. The molecule has 0 unspecified atom stereocenters. The minimum Gasteiger partial charge on any atom is -0.410 e. The quantitative estimate of drug-likeness (QED) is 0.419. The third-order valence-electron chi connectivity index (χ3n) is 4.36. The first kappa shape index (κ1) is 20.4. The summed E-state index contributed by atoms with van der Waals surface area (Å²) < 4.78 is 5.38. The van der Waals surface area contributed by atoms with Crippen LogP contribution in [0, 0.1) is 17.8 Å². The third kappa shape index (κ3) is 7.11. The van der Waals surface area contributed by atoms with E-state index < -0.39 is 0 Å². The molecule has 1 amide bonds. The second-order valence-corrected chi connectivity index (χ2v) is 7.00. The maximum absolute atomic E-state index is 12.2. The fourth-order valence-corrected chi connectivity index (χ4v) is 2.97. The Morgan fingerprint density at radius 2 is 2.08 bits per heavy atom. The van der Waals surface area contributed by atoms with Gasteiger partial charge in [-0.25, -0.2) is 4.79 Å². The van der Waals surface area contributed by atoms with Gasteiger partial charge in [-0.3, -0.25) is 0 Å². The van der Waals surface area contributed by atoms with Crippen molar-refractivity contribution in [3.8, 4) is 17.6 Å². The van der Waals surface area contributed by atoms with E-state index >= 15 is 0 Å². The maximum Gasteiger partial charge on any atom is 0.415 e. The molecule has 0 saturated carbocycles. The van der Waals surface area contributed by atoms with Crippen molar-refractivity contribution >= 4 is 17.7 Å². The number of ether oxygens (including phenoxy) is 1. The topological polar surface area (TPSA) is 32.8 Å². The van der Waals surface area contributed by atoms with Gasteiger partial charge in [0.15, 0.2) is 0 Å². The number of amides is 1. The number of piperidine rings is 1. The first-order chi connectivity index (χ1) is 12.6. The number of nitrogens with zero attached hydrogens (tertiary/aromatic N) is 2. The molecule has 0 atom stereocenters. The summed E-state index contributed by atoms with van der Waals surface area (Å²) in [6.45, 7) is 7.07. The summed E-state index contributed by atoms with van der Waals surface area (Å²) in [7, 11) is 2.09. The van der Waals surface area contributed by atoms with E-state index in [1.54, 1.807) is 29.2 Å². The van der Waals surface area contributed by atoms with Gasteiger partial charge in [-0.05, 0) is 57.1 Å². The monoisotopic (exact) mass is 374 g/mol. The van der Waals surface area contributed by atoms with Crippen molar-refractivity contribution in [1.29, 1.82) is 0 Å². The Morgan fingerprint density at radius 3 is 2.73 bits per heavy atom. The van der Waals surface area contributed by atoms with Crippen LogP contribution in [0.4, 0.5) is 4.79 Å². The molecule has 1 heterocycles. The predicted octanol–water partition coefficient (Wildman–Crippen LogP) is 4.45. The van der Waals surface area contributed by atoms with E-state index in [1.807, 2.05) is 6.08 Å². The first-order valence-electron chi connectivity index (χ1n) is 9.08. The number of halogens is 1. The minimum atomic E-state index is -0.302. The van der Waals surface area contributed by atoms with Gasteiger partial charge in [-0.15, -0.1) is 12.5 Å². The molecule has 1 aliphatic heterocycles. The molecule has 5 heteroatoms. The van der Waals surface area contributed by atoms with E-state index in [9.17, 15) is 4.79 Å². The number of unbranched alkanes of at least 4 members (excludes halogenated alkanes) is 1. The first-order valence-corrected chi connectivity index (χ1v) is 9.46. The molecular weight excluding hydrogens is 348 g/mol. The van der Waals surface area contributed by atoms with Crippen molar-refractivity contribution in [1.82, 2.24) is 9.80 Å². The highest BCUT2D eigenvalue weighted by molar-refractivity contribution is 6.30. The van der Waals surface area contributed by atoms with Gasteiger partial charge >= 0.3 is 6.09 Å². The lowest BCUT2D eigenvalue weighted by Gasteiger charge is -2.28. The van der Waals surface area contributed by atoms with Gasteiger partial charge in [0.25, 0.3) is 0 Å². The highest BCUT2D eigenvalue weighted by Crippen LogP contribution is 2.20. The van der Waals surface area contributed by atoms with Gasteiger partial charge in [-0.1, -0.05) is 23.6 Å². The summed E-state index contributed by atoms with van der Waals surface area (Å²) in [5.74, 6) is 7.54. The Bertz CT molecular complexity index is 640. The number of carbonyl (C=O) groups is 1. The predicted molar refractivity (Wildman–Crippen MR) is 106 cm³/mol. The van der Waals surface area contributed by atoms with Crippen LogP contribution in [0.3, 0.4) is 0 Å². The fraction of sp³-hybridized carbons (Fsp3) is 0.476. The van der Waals surface area contributed by atoms with E-state index in [1.165, 1.54) is 0 Å². The number of likely N-dealkylation sites (tertiary alicyclic amines) is 1. The zero-order chi connectivity index (χ0) is 18.8. The molecule has 1 aromatic carbocycles. The van der Waals surface area contributed by atoms with E-state index in [-0.39, 0.29) is 6.09 Å². The number of benzene rings is 1. The Labute approximate surface area is 161 Å². The molecule has 0 N–H and O–H groups in total. The number of likely N-dealkylation sites (N-methyl/N-ethyl adjacent to an activating group) is 1. The smallest absolute Gasteiger partial charge is 0.410 e. The standard InChI is InChI=1S/C21H27ClN2O2/c1-3-14-23(2)15-6-4-5-7-18-12-16-24(17-13-18)21(25)26-20-10-8-19(22)9-11-20/h3,8-11,18H,1,4,6,12-17H2,2H3. The van der Waals surface area contributed by atoms with Crippen LogP contribution in [0.1, 0.15) is 25.7 Å². The Hall–Kier alpha value is -1.96. The minimum absolute atomic E-state index is 0.302. The molecule has 1 fully saturated rings. The van der Waals surface area contributed by atoms with Gasteiger partial charge in [0.2, 0.25) is 0 Å². The molecule has 0 aliphatic carbocycles. The second kappa shape index (κ2) is 10.9.